The number of aromatic nitrogens is 3. The predicted octanol–water partition coefficient (Wildman–Crippen LogP) is 1.75. The Balaban J connectivity index is 1.69. The molecule has 1 N–H and O–H groups in total. The summed E-state index contributed by atoms with van der Waals surface area (Å²) in [6.45, 7) is 3.42. The van der Waals surface area contributed by atoms with Crippen molar-refractivity contribution in [1.82, 2.24) is 20.0 Å². The molecule has 0 radical (unpaired) electrons. The Hall–Kier alpha value is -2.44. The maximum Gasteiger partial charge on any atom is 0.274 e. The first-order chi connectivity index (χ1) is 9.72. The summed E-state index contributed by atoms with van der Waals surface area (Å²) >= 11 is 0. The molecule has 1 aliphatic heterocycles. The Morgan fingerprint density at radius 2 is 2.05 bits per heavy atom. The lowest BCUT2D eigenvalue weighted by Gasteiger charge is -2.14. The molecule has 1 fully saturated rings. The van der Waals surface area contributed by atoms with E-state index in [-0.39, 0.29) is 5.91 Å². The van der Waals surface area contributed by atoms with E-state index in [4.69, 9.17) is 4.52 Å². The van der Waals surface area contributed by atoms with E-state index < -0.39 is 0 Å². The van der Waals surface area contributed by atoms with Gasteiger partial charge in [-0.1, -0.05) is 5.16 Å². The van der Waals surface area contributed by atoms with Gasteiger partial charge in [-0.15, -0.1) is 0 Å². The maximum atomic E-state index is 12.1. The van der Waals surface area contributed by atoms with Gasteiger partial charge >= 0.3 is 0 Å². The molecule has 1 aliphatic rings. The fraction of sp³-hybridized carbons (Fsp3) is 0.385. The zero-order chi connectivity index (χ0) is 13.9. The number of hydrogen-bond donors (Lipinski definition) is 1. The standard InChI is InChI=1S/C13H15N5O2/c1-9-6-11(17-20-9)16-12-8-14-10(7-15-12)13(19)18-4-2-3-5-18/h6-8H,2-5H2,1H3,(H,15,16,17). The van der Waals surface area contributed by atoms with Crippen LogP contribution in [0.1, 0.15) is 29.1 Å². The first kappa shape index (κ1) is 12.6. The molecule has 0 atom stereocenters. The third-order valence-corrected chi connectivity index (χ3v) is 3.15. The minimum atomic E-state index is -0.0566. The van der Waals surface area contributed by atoms with Crippen molar-refractivity contribution < 1.29 is 9.32 Å². The molecule has 3 rings (SSSR count). The van der Waals surface area contributed by atoms with Crippen molar-refractivity contribution in [2.24, 2.45) is 0 Å². The van der Waals surface area contributed by atoms with E-state index in [0.29, 0.717) is 23.1 Å². The van der Waals surface area contributed by atoms with Crippen LogP contribution in [0.4, 0.5) is 11.6 Å². The second kappa shape index (κ2) is 5.28. The molecule has 0 aliphatic carbocycles. The van der Waals surface area contributed by atoms with E-state index in [2.05, 4.69) is 20.4 Å². The van der Waals surface area contributed by atoms with Gasteiger partial charge in [-0.05, 0) is 19.8 Å². The van der Waals surface area contributed by atoms with Crippen LogP contribution in [-0.2, 0) is 0 Å². The van der Waals surface area contributed by atoms with E-state index in [0.717, 1.165) is 25.9 Å². The van der Waals surface area contributed by atoms with Crippen molar-refractivity contribution in [2.75, 3.05) is 18.4 Å². The van der Waals surface area contributed by atoms with Crippen LogP contribution in [0, 0.1) is 6.92 Å². The number of hydrogen-bond acceptors (Lipinski definition) is 6. The quantitative estimate of drug-likeness (QED) is 0.917. The molecule has 0 spiro atoms. The Morgan fingerprint density at radius 3 is 2.65 bits per heavy atom. The summed E-state index contributed by atoms with van der Waals surface area (Å²) in [5, 5.41) is 6.76. The van der Waals surface area contributed by atoms with Gasteiger partial charge < -0.3 is 14.7 Å². The molecule has 0 bridgehead atoms. The maximum absolute atomic E-state index is 12.1. The molecule has 2 aromatic heterocycles. The number of anilines is 2. The fourth-order valence-electron chi connectivity index (χ4n) is 2.14. The lowest BCUT2D eigenvalue weighted by molar-refractivity contribution is 0.0786. The van der Waals surface area contributed by atoms with Crippen molar-refractivity contribution in [1.29, 1.82) is 0 Å². The third kappa shape index (κ3) is 2.61. The van der Waals surface area contributed by atoms with Crippen LogP contribution in [0.5, 0.6) is 0 Å². The predicted molar refractivity (Wildman–Crippen MR) is 71.7 cm³/mol. The lowest BCUT2D eigenvalue weighted by Crippen LogP contribution is -2.28. The lowest BCUT2D eigenvalue weighted by atomic mass is 10.4. The van der Waals surface area contributed by atoms with E-state index in [1.54, 1.807) is 11.0 Å². The van der Waals surface area contributed by atoms with E-state index in [1.165, 1.54) is 12.4 Å². The number of nitrogens with zero attached hydrogens (tertiary/aromatic N) is 4. The van der Waals surface area contributed by atoms with Crippen LogP contribution >= 0.6 is 0 Å². The zero-order valence-corrected chi connectivity index (χ0v) is 11.2. The summed E-state index contributed by atoms with van der Waals surface area (Å²) in [7, 11) is 0. The van der Waals surface area contributed by atoms with E-state index >= 15 is 0 Å². The van der Waals surface area contributed by atoms with E-state index in [1.807, 2.05) is 6.92 Å². The first-order valence-corrected chi connectivity index (χ1v) is 6.54. The number of aryl methyl sites for hydroxylation is 1. The second-order valence-corrected chi connectivity index (χ2v) is 4.73. The largest absolute Gasteiger partial charge is 0.360 e. The summed E-state index contributed by atoms with van der Waals surface area (Å²) in [5.41, 5.74) is 0.369. The Labute approximate surface area is 116 Å². The Morgan fingerprint density at radius 1 is 1.25 bits per heavy atom. The van der Waals surface area contributed by atoms with Gasteiger partial charge in [0.15, 0.2) is 5.82 Å². The van der Waals surface area contributed by atoms with Gasteiger partial charge in [-0.3, -0.25) is 4.79 Å². The molecule has 0 aromatic carbocycles. The number of carbonyl (C=O) groups excluding carboxylic acids is 1. The van der Waals surface area contributed by atoms with Gasteiger partial charge in [0.25, 0.3) is 5.91 Å². The summed E-state index contributed by atoms with van der Waals surface area (Å²) < 4.78 is 4.94. The summed E-state index contributed by atoms with van der Waals surface area (Å²) in [6, 6.07) is 1.75. The number of nitrogens with one attached hydrogen (secondary N) is 1. The highest BCUT2D eigenvalue weighted by Crippen LogP contribution is 2.15. The Kier molecular flexibility index (Phi) is 3.32. The van der Waals surface area contributed by atoms with Crippen molar-refractivity contribution in [3.63, 3.8) is 0 Å². The minimum absolute atomic E-state index is 0.0566. The molecular weight excluding hydrogens is 258 g/mol. The van der Waals surface area contributed by atoms with Crippen LogP contribution in [0.3, 0.4) is 0 Å². The molecule has 20 heavy (non-hydrogen) atoms. The van der Waals surface area contributed by atoms with Crippen molar-refractivity contribution in [3.05, 3.63) is 29.9 Å². The highest BCUT2D eigenvalue weighted by molar-refractivity contribution is 5.92. The van der Waals surface area contributed by atoms with Crippen LogP contribution in [0.25, 0.3) is 0 Å². The zero-order valence-electron chi connectivity index (χ0n) is 11.2. The van der Waals surface area contributed by atoms with Crippen LogP contribution in [0.2, 0.25) is 0 Å². The molecule has 0 unspecified atom stereocenters. The molecule has 0 saturated carbocycles. The van der Waals surface area contributed by atoms with E-state index in [9.17, 15) is 4.79 Å². The molecule has 104 valence electrons. The molecule has 1 amide bonds. The van der Waals surface area contributed by atoms with Crippen LogP contribution in [0.15, 0.2) is 23.0 Å². The topological polar surface area (TPSA) is 84.2 Å². The average molecular weight is 273 g/mol. The molecule has 3 heterocycles. The smallest absolute Gasteiger partial charge is 0.274 e. The molecule has 7 heteroatoms. The highest BCUT2D eigenvalue weighted by Gasteiger charge is 2.20. The SMILES string of the molecule is Cc1cc(Nc2cnc(C(=O)N3CCCC3)cn2)no1. The number of rotatable bonds is 3. The monoisotopic (exact) mass is 273 g/mol. The normalized spacial score (nSPS) is 14.6. The number of likely N-dealkylation sites (tertiary alicyclic amines) is 1. The van der Waals surface area contributed by atoms with Gasteiger partial charge in [0.1, 0.15) is 17.3 Å². The van der Waals surface area contributed by atoms with Gasteiger partial charge in [0.05, 0.1) is 12.4 Å². The van der Waals surface area contributed by atoms with Gasteiger partial charge in [-0.2, -0.15) is 0 Å². The third-order valence-electron chi connectivity index (χ3n) is 3.15. The average Bonchev–Trinajstić information content (AvgIpc) is 3.11. The van der Waals surface area contributed by atoms with Crippen molar-refractivity contribution >= 4 is 17.5 Å². The van der Waals surface area contributed by atoms with Crippen LogP contribution in [-0.4, -0.2) is 39.0 Å². The van der Waals surface area contributed by atoms with Crippen molar-refractivity contribution in [3.8, 4) is 0 Å². The fourth-order valence-corrected chi connectivity index (χ4v) is 2.14. The first-order valence-electron chi connectivity index (χ1n) is 6.54. The second-order valence-electron chi connectivity index (χ2n) is 4.73. The summed E-state index contributed by atoms with van der Waals surface area (Å²) in [5.74, 6) is 1.74. The Bertz CT molecular complexity index is 601. The van der Waals surface area contributed by atoms with Crippen LogP contribution < -0.4 is 5.32 Å². The summed E-state index contributed by atoms with van der Waals surface area (Å²) in [6.07, 6.45) is 5.12. The summed E-state index contributed by atoms with van der Waals surface area (Å²) in [4.78, 5) is 22.2. The number of carbonyl (C=O) groups is 1. The van der Waals surface area contributed by atoms with Gasteiger partial charge in [0, 0.05) is 19.2 Å². The molecular formula is C13H15N5O2. The van der Waals surface area contributed by atoms with Gasteiger partial charge in [-0.25, -0.2) is 9.97 Å². The van der Waals surface area contributed by atoms with Gasteiger partial charge in [0.2, 0.25) is 0 Å². The molecule has 1 saturated heterocycles. The molecule has 7 nitrogen and oxygen atoms in total. The molecule has 2 aromatic rings. The number of amides is 1. The highest BCUT2D eigenvalue weighted by atomic mass is 16.5. The minimum Gasteiger partial charge on any atom is -0.360 e. The van der Waals surface area contributed by atoms with Crippen molar-refractivity contribution in [2.45, 2.75) is 19.8 Å².